The van der Waals surface area contributed by atoms with E-state index in [2.05, 4.69) is 25.1 Å². The number of hydrogen-bond acceptors (Lipinski definition) is 6. The van der Waals surface area contributed by atoms with Crippen LogP contribution >= 0.6 is 0 Å². The third kappa shape index (κ3) is 3.45. The molecule has 0 spiro atoms. The van der Waals surface area contributed by atoms with Gasteiger partial charge in [0.1, 0.15) is 23.0 Å². The van der Waals surface area contributed by atoms with Crippen molar-refractivity contribution in [1.82, 2.24) is 34.5 Å². The lowest BCUT2D eigenvalue weighted by atomic mass is 9.79. The molecule has 1 N–H and O–H groups in total. The molecule has 0 aliphatic heterocycles. The first kappa shape index (κ1) is 20.9. The molecular formula is C21H17F3N8O. The van der Waals surface area contributed by atoms with Gasteiger partial charge in [0.25, 0.3) is 5.56 Å². The van der Waals surface area contributed by atoms with E-state index in [0.29, 0.717) is 11.4 Å². The Labute approximate surface area is 184 Å². The summed E-state index contributed by atoms with van der Waals surface area (Å²) in [5.74, 6) is 0.390. The zero-order chi connectivity index (χ0) is 23.3. The fraction of sp³-hybridized carbons (Fsp3) is 0.333. The summed E-state index contributed by atoms with van der Waals surface area (Å²) in [6, 6.07) is 5.34. The van der Waals surface area contributed by atoms with Crippen LogP contribution in [0.3, 0.4) is 0 Å². The van der Waals surface area contributed by atoms with Gasteiger partial charge in [0.2, 0.25) is 0 Å². The van der Waals surface area contributed by atoms with Crippen LogP contribution in [0.2, 0.25) is 0 Å². The first-order valence-electron chi connectivity index (χ1n) is 10.2. The van der Waals surface area contributed by atoms with Gasteiger partial charge in [-0.25, -0.2) is 9.67 Å². The minimum Gasteiger partial charge on any atom is -0.309 e. The largest absolute Gasteiger partial charge is 0.433 e. The predicted molar refractivity (Wildman–Crippen MR) is 109 cm³/mol. The fourth-order valence-corrected chi connectivity index (χ4v) is 4.14. The Morgan fingerprint density at radius 2 is 2.12 bits per heavy atom. The molecule has 168 valence electrons. The number of pyridine rings is 1. The lowest BCUT2D eigenvalue weighted by Crippen LogP contribution is -2.30. The summed E-state index contributed by atoms with van der Waals surface area (Å²) in [4.78, 5) is 23.8. The molecule has 1 fully saturated rings. The molecule has 0 unspecified atom stereocenters. The van der Waals surface area contributed by atoms with E-state index in [1.54, 1.807) is 13.1 Å². The van der Waals surface area contributed by atoms with Crippen LogP contribution < -0.4 is 5.56 Å². The lowest BCUT2D eigenvalue weighted by molar-refractivity contribution is -0.141. The molecule has 1 aliphatic carbocycles. The molecule has 5 rings (SSSR count). The maximum absolute atomic E-state index is 12.9. The van der Waals surface area contributed by atoms with E-state index in [4.69, 9.17) is 0 Å². The zero-order valence-corrected chi connectivity index (χ0v) is 17.3. The van der Waals surface area contributed by atoms with Crippen molar-refractivity contribution in [2.24, 2.45) is 0 Å². The highest BCUT2D eigenvalue weighted by Gasteiger charge is 2.37. The monoisotopic (exact) mass is 454 g/mol. The van der Waals surface area contributed by atoms with Crippen LogP contribution in [0.1, 0.15) is 60.5 Å². The number of alkyl halides is 3. The van der Waals surface area contributed by atoms with Crippen molar-refractivity contribution < 1.29 is 13.2 Å². The first-order valence-corrected chi connectivity index (χ1v) is 10.2. The number of hydrogen-bond donors (Lipinski definition) is 1. The minimum absolute atomic E-state index is 0.0444. The van der Waals surface area contributed by atoms with Crippen LogP contribution in [0.4, 0.5) is 13.2 Å². The second kappa shape index (κ2) is 7.54. The number of aromatic amines is 1. The van der Waals surface area contributed by atoms with Crippen molar-refractivity contribution >= 4 is 11.0 Å². The molecule has 1 saturated carbocycles. The lowest BCUT2D eigenvalue weighted by Gasteiger charge is -2.35. The number of fused-ring (bicyclic) bond motifs is 1. The van der Waals surface area contributed by atoms with Crippen LogP contribution in [0, 0.1) is 11.3 Å². The molecule has 1 aliphatic rings. The Hall–Kier alpha value is -4.01. The Bertz CT molecular complexity index is 1410. The van der Waals surface area contributed by atoms with Gasteiger partial charge in [-0.2, -0.15) is 28.6 Å². The van der Waals surface area contributed by atoms with Crippen molar-refractivity contribution in [2.75, 3.05) is 0 Å². The molecule has 0 saturated heterocycles. The molecule has 4 aromatic rings. The molecule has 4 aromatic heterocycles. The maximum atomic E-state index is 12.9. The third-order valence-corrected chi connectivity index (χ3v) is 6.07. The average molecular weight is 454 g/mol. The predicted octanol–water partition coefficient (Wildman–Crippen LogP) is 3.33. The van der Waals surface area contributed by atoms with Crippen molar-refractivity contribution in [2.45, 2.75) is 43.9 Å². The van der Waals surface area contributed by atoms with Gasteiger partial charge in [0, 0.05) is 24.5 Å². The number of H-pyrrole nitrogens is 1. The highest BCUT2D eigenvalue weighted by Crippen LogP contribution is 2.44. The topological polar surface area (TPSA) is 118 Å². The van der Waals surface area contributed by atoms with Gasteiger partial charge in [-0.15, -0.1) is 0 Å². The molecule has 0 radical (unpaired) electrons. The quantitative estimate of drug-likeness (QED) is 0.505. The molecule has 9 nitrogen and oxygen atoms in total. The zero-order valence-electron chi connectivity index (χ0n) is 17.3. The average Bonchev–Trinajstić information content (AvgIpc) is 3.40. The Kier molecular flexibility index (Phi) is 4.77. The number of rotatable bonds is 4. The van der Waals surface area contributed by atoms with Gasteiger partial charge in [-0.1, -0.05) is 6.07 Å². The van der Waals surface area contributed by atoms with Gasteiger partial charge in [0.05, 0.1) is 12.1 Å². The van der Waals surface area contributed by atoms with Gasteiger partial charge in [0.15, 0.2) is 11.3 Å². The van der Waals surface area contributed by atoms with E-state index in [9.17, 15) is 23.2 Å². The third-order valence-electron chi connectivity index (χ3n) is 6.07. The summed E-state index contributed by atoms with van der Waals surface area (Å²) in [5.41, 5.74) is -0.966. The van der Waals surface area contributed by atoms with Gasteiger partial charge < -0.3 is 4.98 Å². The van der Waals surface area contributed by atoms with Crippen LogP contribution in [0.25, 0.3) is 11.0 Å². The molecule has 0 aromatic carbocycles. The Balaban J connectivity index is 1.58. The van der Waals surface area contributed by atoms with Crippen molar-refractivity contribution in [3.8, 4) is 6.07 Å². The molecular weight excluding hydrogens is 437 g/mol. The van der Waals surface area contributed by atoms with Gasteiger partial charge in [-0.05, 0) is 37.5 Å². The Morgan fingerprint density at radius 3 is 2.70 bits per heavy atom. The SMILES string of the molecule is C[C@H](c1ccc(C(F)(F)F)nc1)n1nc(C#N)c2c(=O)[nH]c([C@H]3CC[C@@H]3n3cccn3)nc21. The minimum atomic E-state index is -4.55. The molecule has 3 atom stereocenters. The normalized spacial score (nSPS) is 19.2. The van der Waals surface area contributed by atoms with Crippen LogP contribution in [-0.2, 0) is 6.18 Å². The van der Waals surface area contributed by atoms with E-state index in [1.165, 1.54) is 10.7 Å². The van der Waals surface area contributed by atoms with E-state index < -0.39 is 23.5 Å². The molecule has 0 amide bonds. The number of aromatic nitrogens is 7. The number of halogens is 3. The summed E-state index contributed by atoms with van der Waals surface area (Å²) in [6.45, 7) is 1.69. The summed E-state index contributed by atoms with van der Waals surface area (Å²) in [7, 11) is 0. The van der Waals surface area contributed by atoms with Crippen LogP contribution in [0.15, 0.2) is 41.6 Å². The summed E-state index contributed by atoms with van der Waals surface area (Å²) in [5, 5.41) is 18.1. The highest BCUT2D eigenvalue weighted by atomic mass is 19.4. The Morgan fingerprint density at radius 1 is 1.30 bits per heavy atom. The standard InChI is InChI=1S/C21H17F3N8O/c1-11(12-3-6-16(26-10-12)21(22,23)24)32-19-17(14(9-25)30-32)20(33)29-18(28-19)13-4-5-15(13)31-8-2-7-27-31/h2-3,6-8,10-11,13,15H,4-5H2,1H3,(H,28,29,33)/t11-,13+,15+/m1/s1. The summed E-state index contributed by atoms with van der Waals surface area (Å²) in [6.07, 6.45) is 1.78. The maximum Gasteiger partial charge on any atom is 0.433 e. The second-order valence-corrected chi connectivity index (χ2v) is 7.94. The molecule has 33 heavy (non-hydrogen) atoms. The van der Waals surface area contributed by atoms with Crippen molar-refractivity contribution in [3.63, 3.8) is 0 Å². The number of nitriles is 1. The molecule has 4 heterocycles. The van der Waals surface area contributed by atoms with Crippen molar-refractivity contribution in [1.29, 1.82) is 5.26 Å². The fourth-order valence-electron chi connectivity index (χ4n) is 4.14. The van der Waals surface area contributed by atoms with E-state index in [0.717, 1.165) is 25.1 Å². The smallest absolute Gasteiger partial charge is 0.309 e. The van der Waals surface area contributed by atoms with Crippen molar-refractivity contribution in [3.05, 3.63) is 69.9 Å². The summed E-state index contributed by atoms with van der Waals surface area (Å²) < 4.78 is 41.8. The molecule has 12 heteroatoms. The van der Waals surface area contributed by atoms with Gasteiger partial charge >= 0.3 is 6.18 Å². The highest BCUT2D eigenvalue weighted by molar-refractivity contribution is 5.80. The van der Waals surface area contributed by atoms with E-state index in [1.807, 2.05) is 23.0 Å². The molecule has 0 bridgehead atoms. The van der Waals surface area contributed by atoms with E-state index in [-0.39, 0.29) is 28.7 Å². The number of nitrogens with one attached hydrogen (secondary N) is 1. The van der Waals surface area contributed by atoms with Crippen LogP contribution in [-0.4, -0.2) is 34.5 Å². The number of nitrogens with zero attached hydrogens (tertiary/aromatic N) is 7. The van der Waals surface area contributed by atoms with E-state index >= 15 is 0 Å². The van der Waals surface area contributed by atoms with Crippen LogP contribution in [0.5, 0.6) is 0 Å². The summed E-state index contributed by atoms with van der Waals surface area (Å²) >= 11 is 0. The first-order chi connectivity index (χ1) is 15.8. The van der Waals surface area contributed by atoms with Gasteiger partial charge in [-0.3, -0.25) is 14.5 Å². The second-order valence-electron chi connectivity index (χ2n) is 7.94.